The van der Waals surface area contributed by atoms with Gasteiger partial charge in [0.05, 0.1) is 35.1 Å². The number of thiazole rings is 1. The van der Waals surface area contributed by atoms with Crippen molar-refractivity contribution in [2.45, 2.75) is 89.5 Å². The van der Waals surface area contributed by atoms with E-state index >= 15 is 0 Å². The maximum Gasteiger partial charge on any atom is 0.573 e. The topological polar surface area (TPSA) is 102 Å². The van der Waals surface area contributed by atoms with Crippen LogP contribution in [0, 0.1) is 23.2 Å². The molecule has 2 heterocycles. The van der Waals surface area contributed by atoms with Crippen LogP contribution in [0.1, 0.15) is 75.2 Å². The van der Waals surface area contributed by atoms with Gasteiger partial charge in [0, 0.05) is 29.2 Å². The van der Waals surface area contributed by atoms with E-state index in [2.05, 4.69) is 21.3 Å². The first kappa shape index (κ1) is 29.9. The van der Waals surface area contributed by atoms with Gasteiger partial charge >= 0.3 is 6.36 Å². The van der Waals surface area contributed by atoms with Crippen LogP contribution in [0.25, 0.3) is 21.5 Å². The van der Waals surface area contributed by atoms with Gasteiger partial charge in [0.2, 0.25) is 0 Å². The highest BCUT2D eigenvalue weighted by atomic mass is 32.1. The molecule has 3 fully saturated rings. The molecule has 1 N–H and O–H groups in total. The molecular formula is C33H33F3N4O4S. The van der Waals surface area contributed by atoms with E-state index in [1.165, 1.54) is 23.5 Å². The maximum atomic E-state index is 13.2. The summed E-state index contributed by atoms with van der Waals surface area (Å²) in [7, 11) is 0. The van der Waals surface area contributed by atoms with E-state index in [1.807, 2.05) is 19.9 Å². The first-order chi connectivity index (χ1) is 21.6. The molecule has 2 bridgehead atoms. The van der Waals surface area contributed by atoms with E-state index in [4.69, 9.17) is 19.0 Å². The Labute approximate surface area is 262 Å². The van der Waals surface area contributed by atoms with Crippen molar-refractivity contribution < 1.29 is 31.9 Å². The minimum atomic E-state index is -4.82. The van der Waals surface area contributed by atoms with Crippen molar-refractivity contribution in [3.8, 4) is 28.8 Å². The predicted molar refractivity (Wildman–Crippen MR) is 162 cm³/mol. The summed E-state index contributed by atoms with van der Waals surface area (Å²) in [4.78, 5) is 4.86. The van der Waals surface area contributed by atoms with Gasteiger partial charge in [-0.3, -0.25) is 0 Å². The molecule has 12 heteroatoms. The van der Waals surface area contributed by atoms with Gasteiger partial charge in [0.15, 0.2) is 5.13 Å². The lowest BCUT2D eigenvalue weighted by Gasteiger charge is -2.35. The highest BCUT2D eigenvalue weighted by Gasteiger charge is 2.44. The second-order valence-corrected chi connectivity index (χ2v) is 13.5. The highest BCUT2D eigenvalue weighted by molar-refractivity contribution is 7.22. The van der Waals surface area contributed by atoms with Crippen LogP contribution in [-0.2, 0) is 11.3 Å². The molecule has 2 atom stereocenters. The van der Waals surface area contributed by atoms with Gasteiger partial charge < -0.3 is 24.1 Å². The fourth-order valence-corrected chi connectivity index (χ4v) is 7.84. The van der Waals surface area contributed by atoms with E-state index in [0.29, 0.717) is 40.2 Å². The number of nitriles is 1. The van der Waals surface area contributed by atoms with Crippen LogP contribution in [0.5, 0.6) is 11.5 Å². The SMILES string of the molecule is CC(C)Oc1cc(C#N)cc2sc(NC3C4CCC3CC(OCc3c(-c5ccccc5OC(F)(F)F)noc3C3CC3)C4)nc12. The number of hydrogen-bond acceptors (Lipinski definition) is 9. The molecule has 0 spiro atoms. The van der Waals surface area contributed by atoms with E-state index in [1.54, 1.807) is 18.2 Å². The number of benzene rings is 2. The summed E-state index contributed by atoms with van der Waals surface area (Å²) in [5, 5.41) is 18.2. The Bertz CT molecular complexity index is 1730. The van der Waals surface area contributed by atoms with Crippen LogP contribution < -0.4 is 14.8 Å². The largest absolute Gasteiger partial charge is 0.573 e. The second kappa shape index (κ2) is 11.8. The third kappa shape index (κ3) is 6.33. The van der Waals surface area contributed by atoms with Crippen LogP contribution in [0.3, 0.4) is 0 Å². The highest BCUT2D eigenvalue weighted by Crippen LogP contribution is 2.48. The molecule has 0 amide bonds. The maximum absolute atomic E-state index is 13.2. The van der Waals surface area contributed by atoms with Gasteiger partial charge in [0.25, 0.3) is 0 Å². The number of rotatable bonds is 10. The summed E-state index contributed by atoms with van der Waals surface area (Å²) in [5.41, 5.74) is 2.58. The standard InChI is InChI=1S/C33H33F3N4O4S/c1-17(2)42-26-11-18(15-37)12-27-30(26)39-32(45-27)38-28-20-9-10-21(28)14-22(13-20)41-16-24-29(40-44-31(24)19-7-8-19)23-5-3-4-6-25(23)43-33(34,35)36/h3-6,11-12,17,19-22,28H,7-10,13-14,16H2,1-2H3,(H,38,39). The molecular weight excluding hydrogens is 605 g/mol. The summed E-state index contributed by atoms with van der Waals surface area (Å²) in [6, 6.07) is 12.1. The second-order valence-electron chi connectivity index (χ2n) is 12.5. The van der Waals surface area contributed by atoms with E-state index in [0.717, 1.165) is 53.9 Å². The molecule has 2 unspecified atom stereocenters. The molecule has 2 aromatic carbocycles. The van der Waals surface area contributed by atoms with Crippen molar-refractivity contribution in [1.29, 1.82) is 5.26 Å². The third-order valence-electron chi connectivity index (χ3n) is 8.90. The van der Waals surface area contributed by atoms with Gasteiger partial charge in [-0.25, -0.2) is 4.98 Å². The van der Waals surface area contributed by atoms with Gasteiger partial charge in [-0.05, 0) is 82.4 Å². The summed E-state index contributed by atoms with van der Waals surface area (Å²) in [6.07, 6.45) is 0.967. The number of anilines is 1. The minimum Gasteiger partial charge on any atom is -0.489 e. The van der Waals surface area contributed by atoms with Crippen LogP contribution in [0.2, 0.25) is 0 Å². The predicted octanol–water partition coefficient (Wildman–Crippen LogP) is 8.57. The molecule has 3 aliphatic carbocycles. The Morgan fingerprint density at radius 3 is 2.53 bits per heavy atom. The number of halogens is 3. The van der Waals surface area contributed by atoms with Gasteiger partial charge in [-0.15, -0.1) is 13.2 Å². The lowest BCUT2D eigenvalue weighted by atomic mass is 9.82. The Morgan fingerprint density at radius 2 is 1.84 bits per heavy atom. The molecule has 0 saturated heterocycles. The fourth-order valence-electron chi connectivity index (χ4n) is 6.87. The summed E-state index contributed by atoms with van der Waals surface area (Å²) in [6.45, 7) is 4.12. The first-order valence-corrected chi connectivity index (χ1v) is 16.2. The Morgan fingerprint density at radius 1 is 1.09 bits per heavy atom. The van der Waals surface area contributed by atoms with Crippen molar-refractivity contribution in [3.05, 3.63) is 53.3 Å². The smallest absolute Gasteiger partial charge is 0.489 e. The molecule has 4 aromatic rings. The van der Waals surface area contributed by atoms with E-state index < -0.39 is 6.36 Å². The number of nitrogens with one attached hydrogen (secondary N) is 1. The zero-order valence-electron chi connectivity index (χ0n) is 24.9. The van der Waals surface area contributed by atoms with Gasteiger partial charge in [-0.2, -0.15) is 5.26 Å². The van der Waals surface area contributed by atoms with Crippen molar-refractivity contribution in [2.24, 2.45) is 11.8 Å². The fraction of sp³-hybridized carbons (Fsp3) is 0.485. The number of fused-ring (bicyclic) bond motifs is 3. The minimum absolute atomic E-state index is 0.0108. The van der Waals surface area contributed by atoms with Crippen LogP contribution in [0.4, 0.5) is 18.3 Å². The molecule has 0 aliphatic heterocycles. The van der Waals surface area contributed by atoms with Crippen molar-refractivity contribution in [2.75, 3.05) is 5.32 Å². The zero-order chi connectivity index (χ0) is 31.3. The van der Waals surface area contributed by atoms with Crippen molar-refractivity contribution >= 4 is 26.7 Å². The van der Waals surface area contributed by atoms with Crippen molar-refractivity contribution in [3.63, 3.8) is 0 Å². The molecule has 3 aliphatic rings. The Hall–Kier alpha value is -3.82. The molecule has 0 radical (unpaired) electrons. The monoisotopic (exact) mass is 638 g/mol. The normalized spacial score (nSPS) is 23.0. The molecule has 236 valence electrons. The van der Waals surface area contributed by atoms with Gasteiger partial charge in [-0.1, -0.05) is 28.6 Å². The molecule has 8 nitrogen and oxygen atoms in total. The van der Waals surface area contributed by atoms with Crippen molar-refractivity contribution in [1.82, 2.24) is 10.1 Å². The first-order valence-electron chi connectivity index (χ1n) is 15.4. The lowest BCUT2D eigenvalue weighted by molar-refractivity contribution is -0.274. The molecule has 2 aromatic heterocycles. The van der Waals surface area contributed by atoms with Crippen LogP contribution >= 0.6 is 11.3 Å². The summed E-state index contributed by atoms with van der Waals surface area (Å²) in [5.74, 6) is 2.01. The van der Waals surface area contributed by atoms with Crippen LogP contribution in [0.15, 0.2) is 40.9 Å². The molecule has 3 saturated carbocycles. The third-order valence-corrected chi connectivity index (χ3v) is 9.83. The number of para-hydroxylation sites is 1. The Kier molecular flexibility index (Phi) is 7.86. The number of alkyl halides is 3. The van der Waals surface area contributed by atoms with E-state index in [-0.39, 0.29) is 42.1 Å². The summed E-state index contributed by atoms with van der Waals surface area (Å²) >= 11 is 1.53. The number of aromatic nitrogens is 2. The molecule has 45 heavy (non-hydrogen) atoms. The van der Waals surface area contributed by atoms with Gasteiger partial charge in [0.1, 0.15) is 28.5 Å². The quantitative estimate of drug-likeness (QED) is 0.184. The number of nitrogens with zero attached hydrogens (tertiary/aromatic N) is 3. The number of hydrogen-bond donors (Lipinski definition) is 1. The number of ether oxygens (including phenoxy) is 3. The van der Waals surface area contributed by atoms with E-state index in [9.17, 15) is 18.4 Å². The Balaban J connectivity index is 1.06. The zero-order valence-corrected chi connectivity index (χ0v) is 25.7. The lowest BCUT2D eigenvalue weighted by Crippen LogP contribution is -2.39. The van der Waals surface area contributed by atoms with Crippen LogP contribution in [-0.4, -0.2) is 34.8 Å². The molecule has 7 rings (SSSR count). The average Bonchev–Trinajstić information content (AvgIpc) is 3.55. The summed E-state index contributed by atoms with van der Waals surface area (Å²) < 4.78 is 62.9. The average molecular weight is 639 g/mol.